The first kappa shape index (κ1) is 12.5. The molecule has 4 nitrogen and oxygen atoms in total. The molecule has 1 aliphatic heterocycles. The highest BCUT2D eigenvalue weighted by atomic mass is 16.4. The van der Waals surface area contributed by atoms with E-state index < -0.39 is 6.09 Å². The fourth-order valence-electron chi connectivity index (χ4n) is 3.18. The third-order valence-electron chi connectivity index (χ3n) is 4.35. The number of rotatable bonds is 1. The Bertz CT molecular complexity index is 509. The number of piperidine rings is 1. The summed E-state index contributed by atoms with van der Waals surface area (Å²) in [6, 6.07) is 6.24. The predicted molar refractivity (Wildman–Crippen MR) is 72.3 cm³/mol. The maximum atomic E-state index is 10.9. The lowest BCUT2D eigenvalue weighted by Crippen LogP contribution is -2.29. The van der Waals surface area contributed by atoms with E-state index in [2.05, 4.69) is 39.0 Å². The molecule has 102 valence electrons. The van der Waals surface area contributed by atoms with Gasteiger partial charge in [0.15, 0.2) is 0 Å². The molecule has 1 aliphatic carbocycles. The van der Waals surface area contributed by atoms with Crippen LogP contribution in [0.5, 0.6) is 0 Å². The zero-order chi connectivity index (χ0) is 13.8. The van der Waals surface area contributed by atoms with Crippen LogP contribution in [-0.4, -0.2) is 34.2 Å². The van der Waals surface area contributed by atoms with Crippen molar-refractivity contribution in [2.75, 3.05) is 13.1 Å². The predicted octanol–water partition coefficient (Wildman–Crippen LogP) is 2.70. The number of likely N-dealkylation sites (tertiary alicyclic amines) is 1. The van der Waals surface area contributed by atoms with Crippen molar-refractivity contribution < 1.29 is 9.90 Å². The van der Waals surface area contributed by atoms with Crippen LogP contribution in [0.2, 0.25) is 0 Å². The molecule has 1 aromatic heterocycles. The van der Waals surface area contributed by atoms with E-state index in [4.69, 9.17) is 10.1 Å². The van der Waals surface area contributed by atoms with Crippen LogP contribution < -0.4 is 0 Å². The summed E-state index contributed by atoms with van der Waals surface area (Å²) in [4.78, 5) is 17.2. The number of hydrogen-bond acceptors (Lipinski definition) is 2. The summed E-state index contributed by atoms with van der Waals surface area (Å²) in [6.07, 6.45) is -0.789. The van der Waals surface area contributed by atoms with Gasteiger partial charge in [-0.2, -0.15) is 0 Å². The van der Waals surface area contributed by atoms with Crippen molar-refractivity contribution in [2.24, 2.45) is 11.8 Å². The van der Waals surface area contributed by atoms with Crippen LogP contribution in [0.3, 0.4) is 0 Å². The summed E-state index contributed by atoms with van der Waals surface area (Å²) in [7, 11) is 0. The molecular weight excluding hydrogens is 240 g/mol. The highest BCUT2D eigenvalue weighted by Gasteiger charge is 2.58. The van der Waals surface area contributed by atoms with Crippen molar-refractivity contribution in [3.63, 3.8) is 0 Å². The van der Waals surface area contributed by atoms with Gasteiger partial charge in [-0.15, -0.1) is 0 Å². The molecule has 1 saturated carbocycles. The van der Waals surface area contributed by atoms with Crippen molar-refractivity contribution >= 4 is 6.09 Å². The molecule has 3 atom stereocenters. The Labute approximate surface area is 113 Å². The van der Waals surface area contributed by atoms with Crippen LogP contribution in [0.1, 0.15) is 38.1 Å². The molecule has 1 N–H and O–H groups in total. The van der Waals surface area contributed by atoms with Gasteiger partial charge < -0.3 is 10.0 Å². The normalized spacial score (nSPS) is 29.2. The molecule has 2 fully saturated rings. The van der Waals surface area contributed by atoms with Gasteiger partial charge in [0.05, 0.1) is 0 Å². The standard InChI is InChI=1S/C15H20N2O2/c1-15(2,3)12-6-4-5-11(16-12)13-9-7-17(14(18)19)8-10(9)13/h4-6,9-10,13H,7-8H2,1-3H3,(H,18,19)/t9-,10+,13+. The lowest BCUT2D eigenvalue weighted by Gasteiger charge is -2.19. The van der Waals surface area contributed by atoms with Crippen molar-refractivity contribution in [3.05, 3.63) is 29.6 Å². The molecule has 0 unspecified atom stereocenters. The fourth-order valence-corrected chi connectivity index (χ4v) is 3.18. The van der Waals surface area contributed by atoms with Crippen molar-refractivity contribution in [3.8, 4) is 0 Å². The van der Waals surface area contributed by atoms with Gasteiger partial charge in [0.1, 0.15) is 0 Å². The SMILES string of the molecule is CC(C)(C)c1cccc([C@H]2[C@@H]3CN(C(=O)O)C[C@@H]32)n1. The van der Waals surface area contributed by atoms with E-state index in [-0.39, 0.29) is 5.41 Å². The summed E-state index contributed by atoms with van der Waals surface area (Å²) in [6.45, 7) is 7.84. The Balaban J connectivity index is 1.75. The van der Waals surface area contributed by atoms with E-state index in [9.17, 15) is 4.79 Å². The molecule has 0 aromatic carbocycles. The van der Waals surface area contributed by atoms with Gasteiger partial charge in [0.2, 0.25) is 0 Å². The minimum absolute atomic E-state index is 0.0626. The first-order valence-corrected chi connectivity index (χ1v) is 6.83. The minimum Gasteiger partial charge on any atom is -0.465 e. The lowest BCUT2D eigenvalue weighted by atomic mass is 9.91. The first-order valence-electron chi connectivity index (χ1n) is 6.83. The Hall–Kier alpha value is -1.58. The number of aromatic nitrogens is 1. The van der Waals surface area contributed by atoms with E-state index in [0.717, 1.165) is 11.4 Å². The molecule has 1 aromatic rings. The molecule has 1 saturated heterocycles. The zero-order valence-electron chi connectivity index (χ0n) is 11.6. The number of pyridine rings is 1. The van der Waals surface area contributed by atoms with Crippen LogP contribution in [0.25, 0.3) is 0 Å². The smallest absolute Gasteiger partial charge is 0.407 e. The summed E-state index contributed by atoms with van der Waals surface area (Å²) in [5.74, 6) is 1.44. The van der Waals surface area contributed by atoms with Gasteiger partial charge in [-0.25, -0.2) is 4.79 Å². The molecule has 19 heavy (non-hydrogen) atoms. The Morgan fingerprint density at radius 1 is 1.32 bits per heavy atom. The molecule has 2 heterocycles. The number of fused-ring (bicyclic) bond motifs is 1. The first-order chi connectivity index (χ1) is 8.88. The quantitative estimate of drug-likeness (QED) is 0.844. The molecule has 4 heteroatoms. The largest absolute Gasteiger partial charge is 0.465 e. The van der Waals surface area contributed by atoms with Gasteiger partial charge in [0.25, 0.3) is 0 Å². The summed E-state index contributed by atoms with van der Waals surface area (Å²) >= 11 is 0. The summed E-state index contributed by atoms with van der Waals surface area (Å²) in [5, 5.41) is 8.97. The Morgan fingerprint density at radius 3 is 2.47 bits per heavy atom. The third-order valence-corrected chi connectivity index (χ3v) is 4.35. The number of amides is 1. The maximum Gasteiger partial charge on any atom is 0.407 e. The number of carbonyl (C=O) groups is 1. The number of carboxylic acid groups (broad SMARTS) is 1. The van der Waals surface area contributed by atoms with Gasteiger partial charge in [-0.1, -0.05) is 26.8 Å². The average Bonchev–Trinajstić information content (AvgIpc) is 2.83. The van der Waals surface area contributed by atoms with Crippen molar-refractivity contribution in [1.29, 1.82) is 0 Å². The van der Waals surface area contributed by atoms with Crippen LogP contribution in [0.4, 0.5) is 4.79 Å². The summed E-state index contributed by atoms with van der Waals surface area (Å²) < 4.78 is 0. The van der Waals surface area contributed by atoms with Crippen LogP contribution in [0.15, 0.2) is 18.2 Å². The topological polar surface area (TPSA) is 53.4 Å². The molecule has 2 aliphatic rings. The van der Waals surface area contributed by atoms with Gasteiger partial charge in [-0.3, -0.25) is 4.98 Å². The van der Waals surface area contributed by atoms with E-state index >= 15 is 0 Å². The second-order valence-corrected chi connectivity index (χ2v) is 6.74. The number of nitrogens with zero attached hydrogens (tertiary/aromatic N) is 2. The molecule has 0 bridgehead atoms. The zero-order valence-corrected chi connectivity index (χ0v) is 11.6. The molecular formula is C15H20N2O2. The molecule has 0 radical (unpaired) electrons. The van der Waals surface area contributed by atoms with Gasteiger partial charge >= 0.3 is 6.09 Å². The Morgan fingerprint density at radius 2 is 1.95 bits per heavy atom. The lowest BCUT2D eigenvalue weighted by molar-refractivity contribution is 0.150. The van der Waals surface area contributed by atoms with Gasteiger partial charge in [0, 0.05) is 35.8 Å². The van der Waals surface area contributed by atoms with E-state index in [0.29, 0.717) is 30.8 Å². The van der Waals surface area contributed by atoms with Crippen LogP contribution in [0, 0.1) is 11.8 Å². The van der Waals surface area contributed by atoms with E-state index in [1.807, 2.05) is 0 Å². The Kier molecular flexibility index (Phi) is 2.59. The van der Waals surface area contributed by atoms with Crippen molar-refractivity contribution in [1.82, 2.24) is 9.88 Å². The molecule has 0 spiro atoms. The minimum atomic E-state index is -0.789. The summed E-state index contributed by atoms with van der Waals surface area (Å²) in [5.41, 5.74) is 2.32. The monoisotopic (exact) mass is 260 g/mol. The second-order valence-electron chi connectivity index (χ2n) is 6.74. The highest BCUT2D eigenvalue weighted by Crippen LogP contribution is 2.57. The highest BCUT2D eigenvalue weighted by molar-refractivity contribution is 5.66. The third kappa shape index (κ3) is 2.09. The second kappa shape index (κ2) is 3.95. The van der Waals surface area contributed by atoms with Crippen LogP contribution in [-0.2, 0) is 5.41 Å². The van der Waals surface area contributed by atoms with E-state index in [1.165, 1.54) is 4.90 Å². The van der Waals surface area contributed by atoms with Crippen LogP contribution >= 0.6 is 0 Å². The molecule has 3 rings (SSSR count). The maximum absolute atomic E-state index is 10.9. The van der Waals surface area contributed by atoms with Crippen molar-refractivity contribution in [2.45, 2.75) is 32.1 Å². The average molecular weight is 260 g/mol. The number of hydrogen-bond donors (Lipinski definition) is 1. The molecule has 1 amide bonds. The van der Waals surface area contributed by atoms with E-state index in [1.54, 1.807) is 0 Å². The fraction of sp³-hybridized carbons (Fsp3) is 0.600. The van der Waals surface area contributed by atoms with Gasteiger partial charge in [-0.05, 0) is 24.0 Å².